The highest BCUT2D eigenvalue weighted by molar-refractivity contribution is 6.05. The van der Waals surface area contributed by atoms with E-state index in [0.29, 0.717) is 30.1 Å². The fraction of sp³-hybridized carbons (Fsp3) is 0.353. The normalized spacial score (nSPS) is 17.2. The van der Waals surface area contributed by atoms with E-state index in [0.717, 1.165) is 53.7 Å². The molecular weight excluding hydrogens is 544 g/mol. The molecule has 2 amide bonds. The summed E-state index contributed by atoms with van der Waals surface area (Å²) in [7, 11) is 0. The van der Waals surface area contributed by atoms with Crippen LogP contribution in [0, 0.1) is 0 Å². The molecule has 222 valence electrons. The van der Waals surface area contributed by atoms with E-state index in [2.05, 4.69) is 15.2 Å². The van der Waals surface area contributed by atoms with Crippen LogP contribution in [0.1, 0.15) is 86.7 Å². The summed E-state index contributed by atoms with van der Waals surface area (Å²) in [6.45, 7) is 1.53. The summed E-state index contributed by atoms with van der Waals surface area (Å²) in [5, 5.41) is 15.2. The Kier molecular flexibility index (Phi) is 7.88. The summed E-state index contributed by atoms with van der Waals surface area (Å²) in [5.74, 6) is -0.695. The minimum Gasteiger partial charge on any atom is -0.478 e. The number of imidazole rings is 1. The highest BCUT2D eigenvalue weighted by Gasteiger charge is 2.42. The Bertz CT molecular complexity index is 1670. The Morgan fingerprint density at radius 3 is 2.42 bits per heavy atom. The van der Waals surface area contributed by atoms with Gasteiger partial charge in [0.15, 0.2) is 0 Å². The molecule has 0 saturated heterocycles. The van der Waals surface area contributed by atoms with Crippen molar-refractivity contribution in [3.8, 4) is 11.4 Å². The number of amides is 2. The third-order valence-corrected chi connectivity index (χ3v) is 8.80. The third kappa shape index (κ3) is 5.84. The van der Waals surface area contributed by atoms with Gasteiger partial charge in [0.1, 0.15) is 17.6 Å². The Morgan fingerprint density at radius 2 is 1.74 bits per heavy atom. The second-order valence-corrected chi connectivity index (χ2v) is 11.8. The molecule has 6 rings (SSSR count). The van der Waals surface area contributed by atoms with Crippen molar-refractivity contribution in [2.45, 2.75) is 76.3 Å². The molecule has 2 heterocycles. The Hall–Kier alpha value is -4.66. The molecule has 9 nitrogen and oxygen atoms in total. The average molecular weight is 581 g/mol. The second-order valence-electron chi connectivity index (χ2n) is 11.8. The van der Waals surface area contributed by atoms with Crippen molar-refractivity contribution in [3.05, 3.63) is 77.8 Å². The first-order valence-corrected chi connectivity index (χ1v) is 15.0. The molecule has 2 aliphatic carbocycles. The van der Waals surface area contributed by atoms with Gasteiger partial charge in [-0.2, -0.15) is 0 Å². The van der Waals surface area contributed by atoms with Gasteiger partial charge in [0.25, 0.3) is 5.91 Å². The number of hydrogen-bond donors (Lipinski definition) is 3. The van der Waals surface area contributed by atoms with Crippen molar-refractivity contribution in [1.82, 2.24) is 14.9 Å². The highest BCUT2D eigenvalue weighted by Crippen LogP contribution is 2.37. The zero-order valence-corrected chi connectivity index (χ0v) is 24.3. The number of carbonyl (C=O) groups excluding carboxylic acids is 2. The summed E-state index contributed by atoms with van der Waals surface area (Å²) in [6, 6.07) is 14.8. The minimum atomic E-state index is -1.02. The lowest BCUT2D eigenvalue weighted by molar-refractivity contribution is -0.132. The van der Waals surface area contributed by atoms with Gasteiger partial charge in [-0.1, -0.05) is 44.2 Å². The first-order valence-electron chi connectivity index (χ1n) is 15.0. The minimum absolute atomic E-state index is 0.223. The van der Waals surface area contributed by atoms with E-state index in [1.165, 1.54) is 26.2 Å². The lowest BCUT2D eigenvalue weighted by Crippen LogP contribution is -2.55. The Morgan fingerprint density at radius 1 is 1.00 bits per heavy atom. The van der Waals surface area contributed by atoms with Crippen molar-refractivity contribution < 1.29 is 23.9 Å². The second kappa shape index (κ2) is 11.9. The summed E-state index contributed by atoms with van der Waals surface area (Å²) in [6.07, 6.45) is 13.5. The molecule has 0 aliphatic heterocycles. The van der Waals surface area contributed by atoms with Gasteiger partial charge in [-0.3, -0.25) is 9.59 Å². The van der Waals surface area contributed by atoms with Crippen LogP contribution in [0.25, 0.3) is 28.5 Å². The molecule has 0 unspecified atom stereocenters. The molecule has 2 aromatic carbocycles. The predicted molar refractivity (Wildman–Crippen MR) is 165 cm³/mol. The molecule has 2 aromatic heterocycles. The number of hydrogen-bond acceptors (Lipinski definition) is 5. The molecule has 2 fully saturated rings. The van der Waals surface area contributed by atoms with Crippen LogP contribution in [0.15, 0.2) is 71.0 Å². The number of aliphatic carboxylic acids is 1. The van der Waals surface area contributed by atoms with Crippen LogP contribution < -0.4 is 10.6 Å². The number of aromatic nitrogens is 2. The number of benzene rings is 2. The van der Waals surface area contributed by atoms with E-state index in [4.69, 9.17) is 14.5 Å². The van der Waals surface area contributed by atoms with Crippen LogP contribution in [0.5, 0.6) is 0 Å². The zero-order valence-electron chi connectivity index (χ0n) is 24.3. The maximum Gasteiger partial charge on any atom is 0.331 e. The van der Waals surface area contributed by atoms with Gasteiger partial charge in [0.2, 0.25) is 5.91 Å². The molecule has 2 aliphatic rings. The number of nitrogens with one attached hydrogen (secondary N) is 2. The van der Waals surface area contributed by atoms with Crippen LogP contribution in [0.2, 0.25) is 0 Å². The number of carbonyl (C=O) groups is 3. The van der Waals surface area contributed by atoms with Gasteiger partial charge in [0, 0.05) is 22.9 Å². The van der Waals surface area contributed by atoms with E-state index in [-0.39, 0.29) is 17.4 Å². The highest BCUT2D eigenvalue weighted by atomic mass is 16.4. The number of fused-ring (bicyclic) bond motifs is 1. The monoisotopic (exact) mass is 580 g/mol. The summed E-state index contributed by atoms with van der Waals surface area (Å²) in [5.41, 5.74) is 3.61. The Labute approximate surface area is 250 Å². The van der Waals surface area contributed by atoms with E-state index in [1.54, 1.807) is 42.9 Å². The third-order valence-electron chi connectivity index (χ3n) is 8.80. The van der Waals surface area contributed by atoms with Gasteiger partial charge >= 0.3 is 5.97 Å². The molecule has 0 spiro atoms. The molecule has 0 atom stereocenters. The number of rotatable bonds is 8. The van der Waals surface area contributed by atoms with Gasteiger partial charge in [-0.05, 0) is 80.6 Å². The molecule has 2 saturated carbocycles. The van der Waals surface area contributed by atoms with E-state index in [1.807, 2.05) is 24.3 Å². The maximum atomic E-state index is 13.6. The van der Waals surface area contributed by atoms with E-state index >= 15 is 0 Å². The summed E-state index contributed by atoms with van der Waals surface area (Å²) in [4.78, 5) is 43.3. The first-order chi connectivity index (χ1) is 20.8. The number of carboxylic acid groups (broad SMARTS) is 1. The standard InChI is InChI=1S/C34H36N4O5/c1-22(32(40)41)19-23-9-12-26(13-10-23)35-33(42)34(16-5-6-17-34)37-31(39)24-11-14-29-28(20-24)36-30(25-15-18-43-21-25)38(29)27-7-3-2-4-8-27/h9-15,18-21,27H,2-8,16-17H2,1H3,(H,35,42)(H,37,39)(H,40,41)/b22-19+. The number of nitrogens with zero attached hydrogens (tertiary/aromatic N) is 2. The predicted octanol–water partition coefficient (Wildman–Crippen LogP) is 6.97. The van der Waals surface area contributed by atoms with Crippen molar-refractivity contribution in [3.63, 3.8) is 0 Å². The van der Waals surface area contributed by atoms with Crippen LogP contribution in [-0.4, -0.2) is 38.0 Å². The molecule has 3 N–H and O–H groups in total. The number of carboxylic acids is 1. The van der Waals surface area contributed by atoms with Gasteiger partial charge in [-0.15, -0.1) is 0 Å². The van der Waals surface area contributed by atoms with Crippen molar-refractivity contribution in [2.75, 3.05) is 5.32 Å². The van der Waals surface area contributed by atoms with Gasteiger partial charge < -0.3 is 24.7 Å². The topological polar surface area (TPSA) is 126 Å². The molecular formula is C34H36N4O5. The smallest absolute Gasteiger partial charge is 0.331 e. The van der Waals surface area contributed by atoms with Crippen LogP contribution in [0.4, 0.5) is 5.69 Å². The largest absolute Gasteiger partial charge is 0.478 e. The zero-order chi connectivity index (χ0) is 30.0. The summed E-state index contributed by atoms with van der Waals surface area (Å²) >= 11 is 0. The van der Waals surface area contributed by atoms with Gasteiger partial charge in [0.05, 0.1) is 22.9 Å². The molecule has 43 heavy (non-hydrogen) atoms. The van der Waals surface area contributed by atoms with Crippen LogP contribution in [0.3, 0.4) is 0 Å². The lowest BCUT2D eigenvalue weighted by Gasteiger charge is -2.29. The molecule has 0 radical (unpaired) electrons. The van der Waals surface area contributed by atoms with Crippen molar-refractivity contribution in [2.24, 2.45) is 0 Å². The molecule has 0 bridgehead atoms. The van der Waals surface area contributed by atoms with Crippen molar-refractivity contribution in [1.29, 1.82) is 0 Å². The first kappa shape index (κ1) is 28.5. The SMILES string of the molecule is C/C(=C\c1ccc(NC(=O)C2(NC(=O)c3ccc4c(c3)nc(-c3ccoc3)n4C3CCCCC3)CCCC2)cc1)C(=O)O. The van der Waals surface area contributed by atoms with Crippen molar-refractivity contribution >= 4 is 40.6 Å². The maximum absolute atomic E-state index is 13.6. The number of furan rings is 1. The fourth-order valence-electron chi connectivity index (χ4n) is 6.45. The Balaban J connectivity index is 1.23. The molecule has 9 heteroatoms. The van der Waals surface area contributed by atoms with Crippen LogP contribution in [-0.2, 0) is 9.59 Å². The van der Waals surface area contributed by atoms with Crippen LogP contribution >= 0.6 is 0 Å². The molecule has 4 aromatic rings. The number of anilines is 1. The quantitative estimate of drug-likeness (QED) is 0.193. The lowest BCUT2D eigenvalue weighted by atomic mass is 9.94. The summed E-state index contributed by atoms with van der Waals surface area (Å²) < 4.78 is 7.67. The van der Waals surface area contributed by atoms with Gasteiger partial charge in [-0.25, -0.2) is 9.78 Å². The van der Waals surface area contributed by atoms with E-state index in [9.17, 15) is 14.4 Å². The average Bonchev–Trinajstić information content (AvgIpc) is 3.78. The fourth-order valence-corrected chi connectivity index (χ4v) is 6.45. The van der Waals surface area contributed by atoms with E-state index < -0.39 is 11.5 Å².